The van der Waals surface area contributed by atoms with E-state index in [0.717, 1.165) is 22.6 Å². The van der Waals surface area contributed by atoms with E-state index >= 15 is 0 Å². The first kappa shape index (κ1) is 20.3. The molecule has 2 N–H and O–H groups in total. The van der Waals surface area contributed by atoms with Crippen molar-refractivity contribution in [2.24, 2.45) is 0 Å². The van der Waals surface area contributed by atoms with Gasteiger partial charge in [-0.15, -0.1) is 0 Å². The van der Waals surface area contributed by atoms with E-state index in [1.807, 2.05) is 68.4 Å². The molecule has 0 radical (unpaired) electrons. The van der Waals surface area contributed by atoms with Gasteiger partial charge in [0.2, 0.25) is 0 Å². The summed E-state index contributed by atoms with van der Waals surface area (Å²) in [6.07, 6.45) is 0. The summed E-state index contributed by atoms with van der Waals surface area (Å²) < 4.78 is 5.51. The molecule has 0 spiro atoms. The van der Waals surface area contributed by atoms with Crippen LogP contribution in [-0.4, -0.2) is 48.2 Å². The van der Waals surface area contributed by atoms with Gasteiger partial charge in [0.1, 0.15) is 23.0 Å². The lowest BCUT2D eigenvalue weighted by Crippen LogP contribution is -2.29. The van der Waals surface area contributed by atoms with E-state index in [-0.39, 0.29) is 5.91 Å². The van der Waals surface area contributed by atoms with Gasteiger partial charge in [0.25, 0.3) is 5.91 Å². The molecule has 0 saturated heterocycles. The summed E-state index contributed by atoms with van der Waals surface area (Å²) in [5.74, 6) is 2.74. The number of hydrogen-bond acceptors (Lipinski definition) is 7. The molecule has 8 nitrogen and oxygen atoms in total. The normalized spacial score (nSPS) is 10.8. The molecule has 158 valence electrons. The number of benzene rings is 2. The van der Waals surface area contributed by atoms with E-state index in [1.165, 1.54) is 0 Å². The van der Waals surface area contributed by atoms with Gasteiger partial charge in [0.05, 0.1) is 5.39 Å². The van der Waals surface area contributed by atoms with Gasteiger partial charge in [-0.1, -0.05) is 35.5 Å². The number of nitrogens with one attached hydrogen (secondary N) is 2. The first-order valence-electron chi connectivity index (χ1n) is 10.0. The molecule has 0 atom stereocenters. The van der Waals surface area contributed by atoms with E-state index in [9.17, 15) is 4.79 Å². The summed E-state index contributed by atoms with van der Waals surface area (Å²) in [4.78, 5) is 23.3. The van der Waals surface area contributed by atoms with Gasteiger partial charge in [0, 0.05) is 44.4 Å². The Kier molecular flexibility index (Phi) is 5.79. The second-order valence-corrected chi connectivity index (χ2v) is 7.35. The van der Waals surface area contributed by atoms with Gasteiger partial charge in [0.15, 0.2) is 5.76 Å². The molecule has 1 amide bonds. The van der Waals surface area contributed by atoms with Crippen LogP contribution < -0.4 is 15.5 Å². The predicted octanol–water partition coefficient (Wildman–Crippen LogP) is 3.50. The standard InChI is InChI=1S/C23H24N6O2/c1-15-26-20(14-21(27-15)29(2)3)24-11-12-25-23(30)17-9-10-19-18(13-17)22(31-28-19)16-7-5-4-6-8-16/h4-10,13-14H,11-12H2,1-3H3,(H,25,30)(H,24,26,27). The number of carbonyl (C=O) groups excluding carboxylic acids is 1. The summed E-state index contributed by atoms with van der Waals surface area (Å²) in [5, 5.41) is 11.1. The monoisotopic (exact) mass is 416 g/mol. The van der Waals surface area contributed by atoms with Crippen molar-refractivity contribution in [3.8, 4) is 11.3 Å². The Morgan fingerprint density at radius 2 is 1.84 bits per heavy atom. The maximum Gasteiger partial charge on any atom is 0.251 e. The van der Waals surface area contributed by atoms with E-state index in [1.54, 1.807) is 12.1 Å². The molecule has 0 bridgehead atoms. The van der Waals surface area contributed by atoms with Crippen molar-refractivity contribution in [2.45, 2.75) is 6.92 Å². The van der Waals surface area contributed by atoms with E-state index in [2.05, 4.69) is 25.8 Å². The Balaban J connectivity index is 1.40. The van der Waals surface area contributed by atoms with Crippen LogP contribution in [0.1, 0.15) is 16.2 Å². The maximum absolute atomic E-state index is 12.6. The SMILES string of the molecule is Cc1nc(NCCNC(=O)c2ccc3noc(-c4ccccc4)c3c2)cc(N(C)C)n1. The molecule has 0 aliphatic carbocycles. The molecule has 2 aromatic carbocycles. The van der Waals surface area contributed by atoms with Crippen molar-refractivity contribution in [2.75, 3.05) is 37.4 Å². The molecule has 8 heteroatoms. The molecule has 2 aromatic heterocycles. The van der Waals surface area contributed by atoms with Crippen molar-refractivity contribution < 1.29 is 9.32 Å². The van der Waals surface area contributed by atoms with Gasteiger partial charge in [-0.2, -0.15) is 0 Å². The van der Waals surface area contributed by atoms with Gasteiger partial charge in [-0.05, 0) is 25.1 Å². The summed E-state index contributed by atoms with van der Waals surface area (Å²) in [7, 11) is 3.86. The van der Waals surface area contributed by atoms with Crippen molar-refractivity contribution >= 4 is 28.4 Å². The van der Waals surface area contributed by atoms with Crippen LogP contribution >= 0.6 is 0 Å². The molecule has 0 aliphatic heterocycles. The zero-order valence-corrected chi connectivity index (χ0v) is 17.7. The minimum Gasteiger partial charge on any atom is -0.368 e. The first-order chi connectivity index (χ1) is 15.0. The Morgan fingerprint density at radius 1 is 1.03 bits per heavy atom. The summed E-state index contributed by atoms with van der Waals surface area (Å²) >= 11 is 0. The number of anilines is 2. The lowest BCUT2D eigenvalue weighted by molar-refractivity contribution is 0.0955. The number of aromatic nitrogens is 3. The zero-order chi connectivity index (χ0) is 21.8. The lowest BCUT2D eigenvalue weighted by Gasteiger charge is -2.14. The predicted molar refractivity (Wildman–Crippen MR) is 121 cm³/mol. The van der Waals surface area contributed by atoms with E-state index in [4.69, 9.17) is 4.52 Å². The minimum atomic E-state index is -0.156. The van der Waals surface area contributed by atoms with Gasteiger partial charge in [-0.3, -0.25) is 4.79 Å². The third kappa shape index (κ3) is 4.63. The van der Waals surface area contributed by atoms with Gasteiger partial charge < -0.3 is 20.1 Å². The van der Waals surface area contributed by atoms with Crippen LogP contribution in [0.15, 0.2) is 59.1 Å². The van der Waals surface area contributed by atoms with Crippen molar-refractivity contribution in [3.63, 3.8) is 0 Å². The van der Waals surface area contributed by atoms with Crippen molar-refractivity contribution in [1.29, 1.82) is 0 Å². The number of amides is 1. The van der Waals surface area contributed by atoms with Crippen molar-refractivity contribution in [1.82, 2.24) is 20.4 Å². The second-order valence-electron chi connectivity index (χ2n) is 7.35. The van der Waals surface area contributed by atoms with Gasteiger partial charge >= 0.3 is 0 Å². The Bertz CT molecular complexity index is 1200. The highest BCUT2D eigenvalue weighted by Gasteiger charge is 2.14. The number of nitrogens with zero attached hydrogens (tertiary/aromatic N) is 4. The highest BCUT2D eigenvalue weighted by molar-refractivity contribution is 6.00. The highest BCUT2D eigenvalue weighted by atomic mass is 16.5. The number of hydrogen-bond donors (Lipinski definition) is 2. The quantitative estimate of drug-likeness (QED) is 0.445. The highest BCUT2D eigenvalue weighted by Crippen LogP contribution is 2.29. The first-order valence-corrected chi connectivity index (χ1v) is 10.0. The average molecular weight is 416 g/mol. The van der Waals surface area contributed by atoms with Crippen LogP contribution in [0, 0.1) is 6.92 Å². The van der Waals surface area contributed by atoms with Crippen LogP contribution in [0.2, 0.25) is 0 Å². The van der Waals surface area contributed by atoms with Crippen LogP contribution in [0.5, 0.6) is 0 Å². The number of carbonyl (C=O) groups is 1. The second kappa shape index (κ2) is 8.83. The molecule has 0 aliphatic rings. The number of fused-ring (bicyclic) bond motifs is 1. The molecule has 2 heterocycles. The third-order valence-corrected chi connectivity index (χ3v) is 4.77. The topological polar surface area (TPSA) is 96.2 Å². The largest absolute Gasteiger partial charge is 0.368 e. The molecule has 31 heavy (non-hydrogen) atoms. The summed E-state index contributed by atoms with van der Waals surface area (Å²) in [6.45, 7) is 2.84. The van der Waals surface area contributed by atoms with Gasteiger partial charge in [-0.25, -0.2) is 9.97 Å². The molecular formula is C23H24N6O2. The molecular weight excluding hydrogens is 392 g/mol. The molecule has 0 unspecified atom stereocenters. The van der Waals surface area contributed by atoms with Crippen LogP contribution in [0.3, 0.4) is 0 Å². The number of aryl methyl sites for hydroxylation is 1. The van der Waals surface area contributed by atoms with Crippen LogP contribution in [0.4, 0.5) is 11.6 Å². The maximum atomic E-state index is 12.6. The number of rotatable bonds is 7. The minimum absolute atomic E-state index is 0.156. The van der Waals surface area contributed by atoms with Crippen LogP contribution in [0.25, 0.3) is 22.2 Å². The smallest absolute Gasteiger partial charge is 0.251 e. The Morgan fingerprint density at radius 3 is 2.61 bits per heavy atom. The fourth-order valence-corrected chi connectivity index (χ4v) is 3.22. The third-order valence-electron chi connectivity index (χ3n) is 4.77. The zero-order valence-electron chi connectivity index (χ0n) is 17.7. The fourth-order valence-electron chi connectivity index (χ4n) is 3.22. The summed E-state index contributed by atoms with van der Waals surface area (Å²) in [6, 6.07) is 17.0. The van der Waals surface area contributed by atoms with E-state index < -0.39 is 0 Å². The molecule has 0 saturated carbocycles. The molecule has 0 fully saturated rings. The fraction of sp³-hybridized carbons (Fsp3) is 0.217. The average Bonchev–Trinajstić information content (AvgIpc) is 3.20. The Hall–Kier alpha value is -3.94. The van der Waals surface area contributed by atoms with Crippen molar-refractivity contribution in [3.05, 3.63) is 66.0 Å². The molecule has 4 aromatic rings. The lowest BCUT2D eigenvalue weighted by atomic mass is 10.1. The molecule has 4 rings (SSSR count). The van der Waals surface area contributed by atoms with E-state index in [0.29, 0.717) is 35.8 Å². The van der Waals surface area contributed by atoms with Crippen LogP contribution in [-0.2, 0) is 0 Å². The Labute approximate surface area is 180 Å². The summed E-state index contributed by atoms with van der Waals surface area (Å²) in [5.41, 5.74) is 2.19.